The second-order valence-corrected chi connectivity index (χ2v) is 7.88. The van der Waals surface area contributed by atoms with E-state index in [1.165, 1.54) is 6.07 Å². The van der Waals surface area contributed by atoms with E-state index in [-0.39, 0.29) is 22.9 Å². The van der Waals surface area contributed by atoms with E-state index in [2.05, 4.69) is 33.0 Å². The predicted molar refractivity (Wildman–Crippen MR) is 122 cm³/mol. The first-order valence-corrected chi connectivity index (χ1v) is 10.7. The number of amides is 1. The molecule has 1 amide bonds. The topological polar surface area (TPSA) is 124 Å². The number of aromatic nitrogens is 2. The molecule has 2 N–H and O–H groups in total. The summed E-state index contributed by atoms with van der Waals surface area (Å²) >= 11 is 6.41. The first kappa shape index (κ1) is 22.2. The third-order valence-corrected chi connectivity index (χ3v) is 5.71. The molecule has 1 fully saturated rings. The molecule has 0 aliphatic carbocycles. The summed E-state index contributed by atoms with van der Waals surface area (Å²) in [5, 5.41) is 33.0. The molecule has 33 heavy (non-hydrogen) atoms. The van der Waals surface area contributed by atoms with E-state index >= 15 is 0 Å². The molecule has 2 heterocycles. The zero-order valence-electron chi connectivity index (χ0n) is 17.5. The van der Waals surface area contributed by atoms with Crippen molar-refractivity contribution in [1.82, 2.24) is 20.8 Å². The van der Waals surface area contributed by atoms with Gasteiger partial charge in [0, 0.05) is 29.3 Å². The highest BCUT2D eigenvalue weighted by atomic mass is 35.5. The molecule has 9 heteroatoms. The van der Waals surface area contributed by atoms with Crippen LogP contribution in [0.1, 0.15) is 22.3 Å². The Bertz CT molecular complexity index is 1250. The number of ether oxygens (including phenoxy) is 1. The Hall–Kier alpha value is -3.98. The monoisotopic (exact) mass is 458 g/mol. The van der Waals surface area contributed by atoms with Gasteiger partial charge in [-0.2, -0.15) is 20.7 Å². The smallest absolute Gasteiger partial charge is 0.251 e. The summed E-state index contributed by atoms with van der Waals surface area (Å²) in [6.07, 6.45) is 3.80. The fraction of sp³-hybridized carbons (Fsp3) is 0.208. The molecule has 2 atom stereocenters. The molecule has 0 saturated carbocycles. The van der Waals surface area contributed by atoms with Gasteiger partial charge in [-0.3, -0.25) is 4.79 Å². The Morgan fingerprint density at radius 1 is 1.18 bits per heavy atom. The molecule has 3 aromatic rings. The van der Waals surface area contributed by atoms with E-state index < -0.39 is 0 Å². The Balaban J connectivity index is 1.54. The second kappa shape index (κ2) is 10.1. The van der Waals surface area contributed by atoms with Crippen LogP contribution in [0.5, 0.6) is 11.5 Å². The minimum atomic E-state index is -0.305. The van der Waals surface area contributed by atoms with Gasteiger partial charge >= 0.3 is 0 Å². The van der Waals surface area contributed by atoms with Gasteiger partial charge in [-0.1, -0.05) is 23.7 Å². The van der Waals surface area contributed by atoms with Crippen LogP contribution in [-0.4, -0.2) is 35.2 Å². The van der Waals surface area contributed by atoms with Gasteiger partial charge in [-0.15, -0.1) is 0 Å². The van der Waals surface area contributed by atoms with Gasteiger partial charge < -0.3 is 15.4 Å². The number of carbonyl (C=O) groups excluding carboxylic acids is 1. The molecule has 2 aromatic carbocycles. The summed E-state index contributed by atoms with van der Waals surface area (Å²) in [5.74, 6) is 0.0533. The average molecular weight is 459 g/mol. The van der Waals surface area contributed by atoms with Crippen molar-refractivity contribution in [2.24, 2.45) is 5.92 Å². The number of halogens is 1. The fourth-order valence-electron chi connectivity index (χ4n) is 3.68. The van der Waals surface area contributed by atoms with Crippen LogP contribution in [0.15, 0.2) is 54.9 Å². The zero-order chi connectivity index (χ0) is 23.2. The van der Waals surface area contributed by atoms with Crippen LogP contribution in [-0.2, 0) is 0 Å². The molecule has 2 unspecified atom stereocenters. The van der Waals surface area contributed by atoms with Gasteiger partial charge in [0.1, 0.15) is 23.1 Å². The summed E-state index contributed by atoms with van der Waals surface area (Å²) in [6, 6.07) is 15.9. The van der Waals surface area contributed by atoms with E-state index in [9.17, 15) is 15.3 Å². The van der Waals surface area contributed by atoms with Gasteiger partial charge in [0.15, 0.2) is 0 Å². The van der Waals surface area contributed by atoms with Crippen LogP contribution in [0.25, 0.3) is 11.1 Å². The Labute approximate surface area is 195 Å². The van der Waals surface area contributed by atoms with Crippen molar-refractivity contribution >= 4 is 17.5 Å². The number of rotatable bonds is 5. The van der Waals surface area contributed by atoms with Gasteiger partial charge in [0.05, 0.1) is 29.4 Å². The zero-order valence-corrected chi connectivity index (χ0v) is 18.2. The van der Waals surface area contributed by atoms with E-state index in [1.54, 1.807) is 48.8 Å². The maximum Gasteiger partial charge on any atom is 0.251 e. The minimum Gasteiger partial charge on any atom is -0.454 e. The summed E-state index contributed by atoms with van der Waals surface area (Å²) in [4.78, 5) is 12.7. The average Bonchev–Trinajstić information content (AvgIpc) is 2.86. The lowest BCUT2D eigenvalue weighted by atomic mass is 9.94. The van der Waals surface area contributed by atoms with Crippen molar-refractivity contribution in [2.45, 2.75) is 12.5 Å². The summed E-state index contributed by atoms with van der Waals surface area (Å²) in [6.45, 7) is 1.29. The number of piperidine rings is 1. The van der Waals surface area contributed by atoms with Crippen LogP contribution in [0.4, 0.5) is 0 Å². The molecule has 0 bridgehead atoms. The Kier molecular flexibility index (Phi) is 6.80. The van der Waals surface area contributed by atoms with Gasteiger partial charge in [-0.05, 0) is 43.3 Å². The van der Waals surface area contributed by atoms with Gasteiger partial charge in [0.25, 0.3) is 5.91 Å². The van der Waals surface area contributed by atoms with Gasteiger partial charge in [-0.25, -0.2) is 0 Å². The summed E-state index contributed by atoms with van der Waals surface area (Å²) in [5.41, 5.74) is 2.08. The molecule has 0 spiro atoms. The molecule has 8 nitrogen and oxygen atoms in total. The molecule has 1 aromatic heterocycles. The molecule has 0 radical (unpaired) electrons. The van der Waals surface area contributed by atoms with Crippen LogP contribution < -0.4 is 15.4 Å². The van der Waals surface area contributed by atoms with Crippen LogP contribution >= 0.6 is 11.6 Å². The van der Waals surface area contributed by atoms with Crippen molar-refractivity contribution in [3.8, 4) is 34.8 Å². The number of hydrogen-bond donors (Lipinski definition) is 2. The van der Waals surface area contributed by atoms with E-state index in [0.29, 0.717) is 41.2 Å². The molecule has 1 aliphatic heterocycles. The number of hydrogen-bond acceptors (Lipinski definition) is 7. The van der Waals surface area contributed by atoms with Crippen LogP contribution in [0.3, 0.4) is 0 Å². The van der Waals surface area contributed by atoms with Crippen molar-refractivity contribution in [3.05, 3.63) is 71.0 Å². The predicted octanol–water partition coefficient (Wildman–Crippen LogP) is 3.69. The van der Waals surface area contributed by atoms with Crippen LogP contribution in [0, 0.1) is 28.6 Å². The van der Waals surface area contributed by atoms with Crippen molar-refractivity contribution in [3.63, 3.8) is 0 Å². The maximum absolute atomic E-state index is 12.7. The van der Waals surface area contributed by atoms with Gasteiger partial charge in [0.2, 0.25) is 0 Å². The minimum absolute atomic E-state index is 0.220. The van der Waals surface area contributed by atoms with E-state index in [4.69, 9.17) is 16.3 Å². The largest absolute Gasteiger partial charge is 0.454 e. The highest BCUT2D eigenvalue weighted by Crippen LogP contribution is 2.35. The second-order valence-electron chi connectivity index (χ2n) is 7.48. The lowest BCUT2D eigenvalue weighted by Crippen LogP contribution is -2.49. The normalized spacial score (nSPS) is 17.4. The SMILES string of the molecule is N#Cc1c(Oc2ccc(C(=O)NC3CCNCC3C#N)cc2Cl)cccc1-c1ccnnc1. The number of nitrogens with zero attached hydrogens (tertiary/aromatic N) is 4. The lowest BCUT2D eigenvalue weighted by Gasteiger charge is -2.28. The lowest BCUT2D eigenvalue weighted by molar-refractivity contribution is 0.0920. The number of benzene rings is 2. The molecule has 164 valence electrons. The van der Waals surface area contributed by atoms with E-state index in [0.717, 1.165) is 12.1 Å². The molecule has 1 aliphatic rings. The molecule has 1 saturated heterocycles. The third-order valence-electron chi connectivity index (χ3n) is 5.41. The first-order chi connectivity index (χ1) is 16.1. The van der Waals surface area contributed by atoms with E-state index in [1.807, 2.05) is 0 Å². The first-order valence-electron chi connectivity index (χ1n) is 10.3. The summed E-state index contributed by atoms with van der Waals surface area (Å²) < 4.78 is 5.94. The van der Waals surface area contributed by atoms with Crippen molar-refractivity contribution in [2.75, 3.05) is 13.1 Å². The molecular formula is C24H19ClN6O2. The number of nitrogens with one attached hydrogen (secondary N) is 2. The van der Waals surface area contributed by atoms with Crippen molar-refractivity contribution < 1.29 is 9.53 Å². The Morgan fingerprint density at radius 3 is 2.79 bits per heavy atom. The third kappa shape index (κ3) is 4.93. The fourth-order valence-corrected chi connectivity index (χ4v) is 3.90. The molecule has 4 rings (SSSR count). The molecular weight excluding hydrogens is 440 g/mol. The number of nitriles is 2. The quantitative estimate of drug-likeness (QED) is 0.597. The highest BCUT2D eigenvalue weighted by Gasteiger charge is 2.26. The Morgan fingerprint density at radius 2 is 2.06 bits per heavy atom. The van der Waals surface area contributed by atoms with Crippen LogP contribution in [0.2, 0.25) is 5.02 Å². The standard InChI is InChI=1S/C24H19ClN6O2/c25-20-10-15(24(32)31-21-7-8-28-13-17(21)11-26)4-5-23(20)33-22-3-1-2-18(19(22)12-27)16-6-9-29-30-14-16/h1-6,9-10,14,17,21,28H,7-8,13H2,(H,31,32). The maximum atomic E-state index is 12.7. The summed E-state index contributed by atoms with van der Waals surface area (Å²) in [7, 11) is 0. The number of carbonyl (C=O) groups is 1. The highest BCUT2D eigenvalue weighted by molar-refractivity contribution is 6.32. The van der Waals surface area contributed by atoms with Crippen molar-refractivity contribution in [1.29, 1.82) is 10.5 Å².